The fourth-order valence-corrected chi connectivity index (χ4v) is 3.33. The van der Waals surface area contributed by atoms with Gasteiger partial charge in [-0.1, -0.05) is 12.1 Å². The molecule has 1 aliphatic rings. The van der Waals surface area contributed by atoms with Gasteiger partial charge in [-0.15, -0.1) is 0 Å². The SMILES string of the molecule is COc1cccc(C(=O)[C@H]2CCCN(CCCSC)C2)c1. The van der Waals surface area contributed by atoms with Gasteiger partial charge >= 0.3 is 0 Å². The van der Waals surface area contributed by atoms with E-state index in [1.165, 1.54) is 12.2 Å². The summed E-state index contributed by atoms with van der Waals surface area (Å²) in [6.07, 6.45) is 5.49. The Kier molecular flexibility index (Phi) is 6.58. The van der Waals surface area contributed by atoms with Crippen molar-refractivity contribution in [1.82, 2.24) is 4.90 Å². The molecule has 0 amide bonds. The van der Waals surface area contributed by atoms with E-state index in [1.54, 1.807) is 7.11 Å². The first-order valence-electron chi connectivity index (χ1n) is 7.64. The second kappa shape index (κ2) is 8.44. The molecule has 1 saturated heterocycles. The molecular weight excluding hydrogens is 282 g/mol. The number of Topliss-reactive ketones (excluding diaryl/α,β-unsaturated/α-hetero) is 1. The molecule has 0 bridgehead atoms. The lowest BCUT2D eigenvalue weighted by Gasteiger charge is -2.32. The minimum absolute atomic E-state index is 0.139. The van der Waals surface area contributed by atoms with E-state index in [2.05, 4.69) is 11.2 Å². The van der Waals surface area contributed by atoms with Gasteiger partial charge < -0.3 is 9.64 Å². The lowest BCUT2D eigenvalue weighted by Crippen LogP contribution is -2.39. The molecule has 4 heteroatoms. The van der Waals surface area contributed by atoms with E-state index < -0.39 is 0 Å². The van der Waals surface area contributed by atoms with E-state index in [4.69, 9.17) is 4.74 Å². The monoisotopic (exact) mass is 307 g/mol. The number of rotatable bonds is 7. The highest BCUT2D eigenvalue weighted by Crippen LogP contribution is 2.23. The van der Waals surface area contributed by atoms with Crippen molar-refractivity contribution in [3.05, 3.63) is 29.8 Å². The van der Waals surface area contributed by atoms with Crippen LogP contribution in [-0.2, 0) is 0 Å². The Morgan fingerprint density at radius 2 is 2.33 bits per heavy atom. The van der Waals surface area contributed by atoms with E-state index in [0.29, 0.717) is 0 Å². The largest absolute Gasteiger partial charge is 0.497 e. The molecule has 1 aliphatic heterocycles. The zero-order valence-electron chi connectivity index (χ0n) is 13.0. The lowest BCUT2D eigenvalue weighted by molar-refractivity contribution is 0.0820. The summed E-state index contributed by atoms with van der Waals surface area (Å²) in [5.41, 5.74) is 0.783. The Labute approximate surface area is 132 Å². The topological polar surface area (TPSA) is 29.5 Å². The number of hydrogen-bond donors (Lipinski definition) is 0. The molecule has 3 nitrogen and oxygen atoms in total. The van der Waals surface area contributed by atoms with Crippen LogP contribution in [0.4, 0.5) is 0 Å². The Hall–Kier alpha value is -1.00. The Bertz CT molecular complexity index is 464. The second-order valence-electron chi connectivity index (χ2n) is 5.58. The van der Waals surface area contributed by atoms with Gasteiger partial charge in [-0.2, -0.15) is 11.8 Å². The summed E-state index contributed by atoms with van der Waals surface area (Å²) in [5, 5.41) is 0. The number of thioether (sulfide) groups is 1. The predicted octanol–water partition coefficient (Wildman–Crippen LogP) is 3.34. The van der Waals surface area contributed by atoms with E-state index >= 15 is 0 Å². The van der Waals surface area contributed by atoms with Crippen molar-refractivity contribution in [2.75, 3.05) is 38.8 Å². The van der Waals surface area contributed by atoms with Crippen molar-refractivity contribution >= 4 is 17.5 Å². The summed E-state index contributed by atoms with van der Waals surface area (Å²) >= 11 is 1.89. The molecule has 0 radical (unpaired) electrons. The predicted molar refractivity (Wildman–Crippen MR) is 89.5 cm³/mol. The van der Waals surface area contributed by atoms with Crippen LogP contribution >= 0.6 is 11.8 Å². The van der Waals surface area contributed by atoms with Gasteiger partial charge in [0.05, 0.1) is 7.11 Å². The van der Waals surface area contributed by atoms with E-state index in [1.807, 2.05) is 36.0 Å². The van der Waals surface area contributed by atoms with E-state index in [9.17, 15) is 4.79 Å². The van der Waals surface area contributed by atoms with Gasteiger partial charge in [0.1, 0.15) is 5.75 Å². The number of likely N-dealkylation sites (tertiary alicyclic amines) is 1. The number of ketones is 1. The first-order valence-corrected chi connectivity index (χ1v) is 9.03. The smallest absolute Gasteiger partial charge is 0.167 e. The van der Waals surface area contributed by atoms with Crippen LogP contribution in [0.25, 0.3) is 0 Å². The molecule has 0 aromatic heterocycles. The highest BCUT2D eigenvalue weighted by atomic mass is 32.2. The van der Waals surface area contributed by atoms with E-state index in [0.717, 1.165) is 43.8 Å². The second-order valence-corrected chi connectivity index (χ2v) is 6.57. The number of carbonyl (C=O) groups excluding carboxylic acids is 1. The highest BCUT2D eigenvalue weighted by molar-refractivity contribution is 7.98. The van der Waals surface area contributed by atoms with Crippen molar-refractivity contribution in [2.24, 2.45) is 5.92 Å². The molecule has 0 saturated carbocycles. The molecule has 0 unspecified atom stereocenters. The van der Waals surface area contributed by atoms with Crippen molar-refractivity contribution in [1.29, 1.82) is 0 Å². The van der Waals surface area contributed by atoms with Crippen LogP contribution in [0.3, 0.4) is 0 Å². The maximum Gasteiger partial charge on any atom is 0.167 e. The Balaban J connectivity index is 1.94. The van der Waals surface area contributed by atoms with Crippen molar-refractivity contribution in [3.8, 4) is 5.75 Å². The van der Waals surface area contributed by atoms with E-state index in [-0.39, 0.29) is 11.7 Å². The first-order chi connectivity index (χ1) is 10.2. The third kappa shape index (κ3) is 4.75. The number of hydrogen-bond acceptors (Lipinski definition) is 4. The molecule has 0 aliphatic carbocycles. The average molecular weight is 307 g/mol. The van der Waals surface area contributed by atoms with Crippen molar-refractivity contribution in [2.45, 2.75) is 19.3 Å². The number of benzene rings is 1. The zero-order valence-corrected chi connectivity index (χ0v) is 13.8. The van der Waals surface area contributed by atoms with Gasteiger partial charge in [-0.25, -0.2) is 0 Å². The molecular formula is C17H25NO2S. The third-order valence-electron chi connectivity index (χ3n) is 4.05. The number of ether oxygens (including phenoxy) is 1. The standard InChI is InChI=1S/C17H25NO2S/c1-20-16-8-3-6-14(12-16)17(19)15-7-4-9-18(13-15)10-5-11-21-2/h3,6,8,12,15H,4-5,7,9-11,13H2,1-2H3/t15-/m0/s1. The lowest BCUT2D eigenvalue weighted by atomic mass is 9.90. The summed E-state index contributed by atoms with van der Waals surface area (Å²) in [4.78, 5) is 15.1. The number of piperidine rings is 1. The van der Waals surface area contributed by atoms with Crippen LogP contribution in [0.2, 0.25) is 0 Å². The molecule has 1 atom stereocenters. The zero-order chi connectivity index (χ0) is 15.1. The van der Waals surface area contributed by atoms with Gasteiger partial charge in [0, 0.05) is 18.0 Å². The maximum atomic E-state index is 12.7. The normalized spacial score (nSPS) is 19.4. The minimum Gasteiger partial charge on any atom is -0.497 e. The number of carbonyl (C=O) groups is 1. The van der Waals surface area contributed by atoms with Crippen molar-refractivity contribution < 1.29 is 9.53 Å². The number of methoxy groups -OCH3 is 1. The van der Waals surface area contributed by atoms with Gasteiger partial charge in [0.2, 0.25) is 0 Å². The Morgan fingerprint density at radius 1 is 1.48 bits per heavy atom. The van der Waals surface area contributed by atoms with Crippen LogP contribution in [0.1, 0.15) is 29.6 Å². The molecule has 21 heavy (non-hydrogen) atoms. The highest BCUT2D eigenvalue weighted by Gasteiger charge is 2.26. The van der Waals surface area contributed by atoms with Gasteiger partial charge in [-0.3, -0.25) is 4.79 Å². The fourth-order valence-electron chi connectivity index (χ4n) is 2.92. The summed E-state index contributed by atoms with van der Waals surface area (Å²) in [5.74, 6) is 2.36. The van der Waals surface area contributed by atoms with Crippen LogP contribution in [0, 0.1) is 5.92 Å². The summed E-state index contributed by atoms with van der Waals surface area (Å²) in [6, 6.07) is 7.53. The molecule has 116 valence electrons. The van der Waals surface area contributed by atoms with Crippen LogP contribution in [0.15, 0.2) is 24.3 Å². The summed E-state index contributed by atoms with van der Waals surface area (Å²) in [6.45, 7) is 3.16. The average Bonchev–Trinajstić information content (AvgIpc) is 2.55. The molecule has 0 spiro atoms. The maximum absolute atomic E-state index is 12.7. The quantitative estimate of drug-likeness (QED) is 0.571. The molecule has 1 heterocycles. The summed E-state index contributed by atoms with van der Waals surface area (Å²) in [7, 11) is 1.64. The molecule has 1 fully saturated rings. The summed E-state index contributed by atoms with van der Waals surface area (Å²) < 4.78 is 5.21. The van der Waals surface area contributed by atoms with Crippen LogP contribution < -0.4 is 4.74 Å². The van der Waals surface area contributed by atoms with Gasteiger partial charge in [0.15, 0.2) is 5.78 Å². The van der Waals surface area contributed by atoms with Crippen LogP contribution in [-0.4, -0.2) is 49.4 Å². The molecule has 0 N–H and O–H groups in total. The molecule has 1 aromatic rings. The van der Waals surface area contributed by atoms with Crippen LogP contribution in [0.5, 0.6) is 5.75 Å². The fraction of sp³-hybridized carbons (Fsp3) is 0.588. The molecule has 1 aromatic carbocycles. The third-order valence-corrected chi connectivity index (χ3v) is 4.75. The minimum atomic E-state index is 0.139. The van der Waals surface area contributed by atoms with Crippen molar-refractivity contribution in [3.63, 3.8) is 0 Å². The Morgan fingerprint density at radius 3 is 3.10 bits per heavy atom. The number of nitrogens with zero attached hydrogens (tertiary/aromatic N) is 1. The van der Waals surface area contributed by atoms with Gasteiger partial charge in [0.25, 0.3) is 0 Å². The first kappa shape index (κ1) is 16.4. The van der Waals surface area contributed by atoms with Gasteiger partial charge in [-0.05, 0) is 56.5 Å². The molecule has 2 rings (SSSR count).